The van der Waals surface area contributed by atoms with Gasteiger partial charge >= 0.3 is 0 Å². The maximum atomic E-state index is 12.0. The fourth-order valence-electron chi connectivity index (χ4n) is 1.74. The minimum atomic E-state index is -0.518. The molecule has 0 aliphatic carbocycles. The second kappa shape index (κ2) is 6.26. The molecule has 0 spiro atoms. The van der Waals surface area contributed by atoms with Crippen LogP contribution >= 0.6 is 0 Å². The molecule has 1 aromatic heterocycles. The summed E-state index contributed by atoms with van der Waals surface area (Å²) in [4.78, 5) is 23.8. The first-order valence-corrected chi connectivity index (χ1v) is 5.81. The maximum Gasteiger partial charge on any atom is 0.208 e. The summed E-state index contributed by atoms with van der Waals surface area (Å²) in [5.41, 5.74) is 0. The second-order valence-corrected chi connectivity index (χ2v) is 3.90. The van der Waals surface area contributed by atoms with E-state index in [0.717, 1.165) is 12.8 Å². The van der Waals surface area contributed by atoms with Gasteiger partial charge in [-0.1, -0.05) is 20.3 Å². The summed E-state index contributed by atoms with van der Waals surface area (Å²) in [7, 11) is 0. The van der Waals surface area contributed by atoms with Crippen LogP contribution < -0.4 is 0 Å². The van der Waals surface area contributed by atoms with E-state index in [9.17, 15) is 9.59 Å². The van der Waals surface area contributed by atoms with E-state index in [4.69, 9.17) is 4.42 Å². The number of carbonyl (C=O) groups excluding carboxylic acids is 2. The van der Waals surface area contributed by atoms with Gasteiger partial charge < -0.3 is 4.42 Å². The van der Waals surface area contributed by atoms with E-state index in [-0.39, 0.29) is 11.6 Å². The lowest BCUT2D eigenvalue weighted by Crippen LogP contribution is -2.23. The van der Waals surface area contributed by atoms with E-state index >= 15 is 0 Å². The highest BCUT2D eigenvalue weighted by atomic mass is 16.3. The average molecular weight is 222 g/mol. The molecule has 0 bridgehead atoms. The topological polar surface area (TPSA) is 47.3 Å². The van der Waals surface area contributed by atoms with Crippen molar-refractivity contribution in [3.63, 3.8) is 0 Å². The number of rotatable bonds is 7. The molecule has 1 atom stereocenters. The molecule has 3 heteroatoms. The lowest BCUT2D eigenvalue weighted by Gasteiger charge is -2.11. The number of carbonyl (C=O) groups is 2. The molecule has 0 saturated heterocycles. The zero-order valence-electron chi connectivity index (χ0n) is 9.86. The fourth-order valence-corrected chi connectivity index (χ4v) is 1.74. The van der Waals surface area contributed by atoms with Crippen LogP contribution in [0.25, 0.3) is 0 Å². The molecule has 0 saturated carbocycles. The normalized spacial score (nSPS) is 12.4. The van der Waals surface area contributed by atoms with Gasteiger partial charge in [0, 0.05) is 6.42 Å². The molecule has 88 valence electrons. The second-order valence-electron chi connectivity index (χ2n) is 3.90. The fraction of sp³-hybridized carbons (Fsp3) is 0.538. The third-order valence-corrected chi connectivity index (χ3v) is 2.54. The van der Waals surface area contributed by atoms with Crippen molar-refractivity contribution in [3.8, 4) is 0 Å². The van der Waals surface area contributed by atoms with Crippen molar-refractivity contribution >= 4 is 11.6 Å². The predicted molar refractivity (Wildman–Crippen MR) is 61.4 cm³/mol. The first-order valence-electron chi connectivity index (χ1n) is 5.81. The lowest BCUT2D eigenvalue weighted by molar-refractivity contribution is -0.121. The summed E-state index contributed by atoms with van der Waals surface area (Å²) in [5, 5.41) is 0. The van der Waals surface area contributed by atoms with Gasteiger partial charge in [0.15, 0.2) is 5.76 Å². The van der Waals surface area contributed by atoms with Crippen LogP contribution in [0.15, 0.2) is 22.8 Å². The summed E-state index contributed by atoms with van der Waals surface area (Å²) in [5.74, 6) is -0.366. The average Bonchev–Trinajstić information content (AvgIpc) is 2.78. The van der Waals surface area contributed by atoms with Crippen LogP contribution in [0.4, 0.5) is 0 Å². The van der Waals surface area contributed by atoms with Gasteiger partial charge in [-0.15, -0.1) is 0 Å². The smallest absolute Gasteiger partial charge is 0.208 e. The Morgan fingerprint density at radius 2 is 2.06 bits per heavy atom. The Hall–Kier alpha value is -1.38. The zero-order valence-corrected chi connectivity index (χ0v) is 9.86. The monoisotopic (exact) mass is 222 g/mol. The Morgan fingerprint density at radius 1 is 1.31 bits per heavy atom. The molecular weight excluding hydrogens is 204 g/mol. The van der Waals surface area contributed by atoms with E-state index in [1.807, 2.05) is 13.8 Å². The van der Waals surface area contributed by atoms with Crippen molar-refractivity contribution in [2.75, 3.05) is 0 Å². The van der Waals surface area contributed by atoms with Crippen molar-refractivity contribution in [1.82, 2.24) is 0 Å². The van der Waals surface area contributed by atoms with Crippen molar-refractivity contribution in [3.05, 3.63) is 24.2 Å². The van der Waals surface area contributed by atoms with Crippen LogP contribution in [0.5, 0.6) is 0 Å². The Kier molecular flexibility index (Phi) is 4.96. The molecule has 1 aromatic rings. The zero-order chi connectivity index (χ0) is 12.0. The minimum Gasteiger partial charge on any atom is -0.461 e. The van der Waals surface area contributed by atoms with Crippen molar-refractivity contribution < 1.29 is 14.0 Å². The summed E-state index contributed by atoms with van der Waals surface area (Å²) < 4.78 is 5.05. The van der Waals surface area contributed by atoms with E-state index in [1.165, 1.54) is 6.26 Å². The molecule has 1 heterocycles. The third-order valence-electron chi connectivity index (χ3n) is 2.54. The number of Topliss-reactive ketones (excluding diaryl/α,β-unsaturated/α-hetero) is 2. The SMILES string of the molecule is CCCC(=O)C(CCC)C(=O)c1ccco1. The van der Waals surface area contributed by atoms with E-state index in [0.29, 0.717) is 18.6 Å². The van der Waals surface area contributed by atoms with Gasteiger partial charge in [-0.05, 0) is 25.0 Å². The molecule has 0 aromatic carbocycles. The van der Waals surface area contributed by atoms with E-state index < -0.39 is 5.92 Å². The molecule has 1 unspecified atom stereocenters. The van der Waals surface area contributed by atoms with Gasteiger partial charge in [-0.25, -0.2) is 0 Å². The number of furan rings is 1. The highest BCUT2D eigenvalue weighted by molar-refractivity contribution is 6.09. The number of ketones is 2. The Morgan fingerprint density at radius 3 is 2.56 bits per heavy atom. The maximum absolute atomic E-state index is 12.0. The molecule has 0 fully saturated rings. The molecule has 3 nitrogen and oxygen atoms in total. The third kappa shape index (κ3) is 3.05. The standard InChI is InChI=1S/C13H18O3/c1-3-6-10(11(14)7-4-2)13(15)12-8-5-9-16-12/h5,8-10H,3-4,6-7H2,1-2H3. The Labute approximate surface area is 95.8 Å². The summed E-state index contributed by atoms with van der Waals surface area (Å²) in [6, 6.07) is 3.28. The molecule has 0 N–H and O–H groups in total. The van der Waals surface area contributed by atoms with Crippen LogP contribution in [0.1, 0.15) is 50.1 Å². The molecule has 0 aliphatic rings. The largest absolute Gasteiger partial charge is 0.461 e. The molecular formula is C13H18O3. The Bertz CT molecular complexity index is 338. The highest BCUT2D eigenvalue weighted by Gasteiger charge is 2.27. The predicted octanol–water partition coefficient (Wildman–Crippen LogP) is 3.25. The summed E-state index contributed by atoms with van der Waals surface area (Å²) in [6.45, 7) is 3.92. The molecule has 0 aliphatic heterocycles. The van der Waals surface area contributed by atoms with Gasteiger partial charge in [0.1, 0.15) is 5.78 Å². The lowest BCUT2D eigenvalue weighted by atomic mass is 9.90. The number of hydrogen-bond donors (Lipinski definition) is 0. The van der Waals surface area contributed by atoms with Gasteiger partial charge in [-0.3, -0.25) is 9.59 Å². The number of hydrogen-bond acceptors (Lipinski definition) is 3. The van der Waals surface area contributed by atoms with Crippen LogP contribution in [0.3, 0.4) is 0 Å². The summed E-state index contributed by atoms with van der Waals surface area (Å²) >= 11 is 0. The molecule has 16 heavy (non-hydrogen) atoms. The van der Waals surface area contributed by atoms with Crippen molar-refractivity contribution in [2.45, 2.75) is 39.5 Å². The summed E-state index contributed by atoms with van der Waals surface area (Å²) in [6.07, 6.45) is 4.15. The van der Waals surface area contributed by atoms with Crippen LogP contribution in [-0.2, 0) is 4.79 Å². The molecule has 1 rings (SSSR count). The molecule has 0 amide bonds. The van der Waals surface area contributed by atoms with Crippen LogP contribution in [-0.4, -0.2) is 11.6 Å². The first-order chi connectivity index (χ1) is 7.70. The Balaban J connectivity index is 2.77. The van der Waals surface area contributed by atoms with Gasteiger partial charge in [0.05, 0.1) is 12.2 Å². The van der Waals surface area contributed by atoms with Crippen LogP contribution in [0.2, 0.25) is 0 Å². The molecule has 0 radical (unpaired) electrons. The van der Waals surface area contributed by atoms with Gasteiger partial charge in [0.2, 0.25) is 5.78 Å². The highest BCUT2D eigenvalue weighted by Crippen LogP contribution is 2.18. The van der Waals surface area contributed by atoms with Gasteiger partial charge in [-0.2, -0.15) is 0 Å². The minimum absolute atomic E-state index is 0.0331. The quantitative estimate of drug-likeness (QED) is 0.525. The van der Waals surface area contributed by atoms with Crippen LogP contribution in [0, 0.1) is 5.92 Å². The van der Waals surface area contributed by atoms with Crippen molar-refractivity contribution in [1.29, 1.82) is 0 Å². The van der Waals surface area contributed by atoms with E-state index in [2.05, 4.69) is 0 Å². The van der Waals surface area contributed by atoms with E-state index in [1.54, 1.807) is 12.1 Å². The van der Waals surface area contributed by atoms with Gasteiger partial charge in [0.25, 0.3) is 0 Å². The first kappa shape index (κ1) is 12.7. The van der Waals surface area contributed by atoms with Crippen molar-refractivity contribution in [2.24, 2.45) is 5.92 Å².